The number of carbonyl (C=O) groups is 2. The number of Topliss-reactive ketones (excluding diaryl/α,β-unsaturated/α-hetero) is 1. The van der Waals surface area contributed by atoms with Gasteiger partial charge in [-0.3, -0.25) is 4.79 Å². The van der Waals surface area contributed by atoms with Gasteiger partial charge in [-0.05, 0) is 54.8 Å². The highest BCUT2D eigenvalue weighted by atomic mass is 32.1. The fraction of sp³-hybridized carbons (Fsp3) is 0.250. The van der Waals surface area contributed by atoms with Crippen molar-refractivity contribution in [3.05, 3.63) is 52.2 Å². The van der Waals surface area contributed by atoms with Gasteiger partial charge in [-0.1, -0.05) is 12.1 Å². The number of rotatable bonds is 5. The molecule has 5 heteroatoms. The Bertz CT molecular complexity index is 623. The van der Waals surface area contributed by atoms with E-state index in [1.165, 1.54) is 12.5 Å². The maximum Gasteiger partial charge on any atom is 0.319 e. The van der Waals surface area contributed by atoms with Crippen LogP contribution in [0, 0.1) is 0 Å². The van der Waals surface area contributed by atoms with E-state index in [1.807, 2.05) is 12.3 Å². The van der Waals surface area contributed by atoms with E-state index in [0.717, 1.165) is 6.42 Å². The van der Waals surface area contributed by atoms with Gasteiger partial charge in [0.05, 0.1) is 0 Å². The predicted molar refractivity (Wildman–Crippen MR) is 86.1 cm³/mol. The lowest BCUT2D eigenvalue weighted by Crippen LogP contribution is -2.37. The molecule has 21 heavy (non-hydrogen) atoms. The average Bonchev–Trinajstić information content (AvgIpc) is 2.91. The molecule has 4 nitrogen and oxygen atoms in total. The van der Waals surface area contributed by atoms with Gasteiger partial charge in [0.1, 0.15) is 0 Å². The van der Waals surface area contributed by atoms with Crippen molar-refractivity contribution in [3.63, 3.8) is 0 Å². The van der Waals surface area contributed by atoms with Crippen molar-refractivity contribution >= 4 is 28.8 Å². The first-order valence-electron chi connectivity index (χ1n) is 6.74. The smallest absolute Gasteiger partial charge is 0.319 e. The topological polar surface area (TPSA) is 58.2 Å². The molecule has 1 heterocycles. The highest BCUT2D eigenvalue weighted by Gasteiger charge is 2.09. The number of urea groups is 1. The molecule has 0 fully saturated rings. The number of hydrogen-bond donors (Lipinski definition) is 2. The van der Waals surface area contributed by atoms with Crippen LogP contribution in [-0.4, -0.2) is 17.9 Å². The molecule has 0 saturated carbocycles. The van der Waals surface area contributed by atoms with Crippen molar-refractivity contribution < 1.29 is 9.59 Å². The number of amides is 2. The largest absolute Gasteiger partial charge is 0.335 e. The fourth-order valence-corrected chi connectivity index (χ4v) is 2.70. The molecule has 1 unspecified atom stereocenters. The SMILES string of the molecule is CC(=O)c1cccc(NC(=O)NC(C)Cc2ccsc2)c1. The number of benzene rings is 1. The van der Waals surface area contributed by atoms with Crippen LogP contribution in [0.2, 0.25) is 0 Å². The Hall–Kier alpha value is -2.14. The van der Waals surface area contributed by atoms with Gasteiger partial charge in [0.2, 0.25) is 0 Å². The molecule has 0 saturated heterocycles. The summed E-state index contributed by atoms with van der Waals surface area (Å²) in [4.78, 5) is 23.2. The van der Waals surface area contributed by atoms with Gasteiger partial charge in [0, 0.05) is 17.3 Å². The Kier molecular flexibility index (Phi) is 5.11. The second-order valence-electron chi connectivity index (χ2n) is 4.97. The van der Waals surface area contributed by atoms with E-state index in [-0.39, 0.29) is 17.9 Å². The number of carbonyl (C=O) groups excluding carboxylic acids is 2. The monoisotopic (exact) mass is 302 g/mol. The van der Waals surface area contributed by atoms with E-state index in [1.54, 1.807) is 35.6 Å². The van der Waals surface area contributed by atoms with Gasteiger partial charge < -0.3 is 10.6 Å². The summed E-state index contributed by atoms with van der Waals surface area (Å²) in [6.45, 7) is 3.46. The van der Waals surface area contributed by atoms with Gasteiger partial charge in [-0.25, -0.2) is 4.79 Å². The third-order valence-electron chi connectivity index (χ3n) is 3.03. The maximum absolute atomic E-state index is 11.9. The highest BCUT2D eigenvalue weighted by Crippen LogP contribution is 2.12. The molecule has 0 spiro atoms. The van der Waals surface area contributed by atoms with Gasteiger partial charge in [0.25, 0.3) is 0 Å². The summed E-state index contributed by atoms with van der Waals surface area (Å²) in [7, 11) is 0. The zero-order chi connectivity index (χ0) is 15.2. The molecule has 0 aliphatic heterocycles. The first-order chi connectivity index (χ1) is 10.0. The summed E-state index contributed by atoms with van der Waals surface area (Å²) in [5, 5.41) is 9.73. The third-order valence-corrected chi connectivity index (χ3v) is 3.76. The lowest BCUT2D eigenvalue weighted by molar-refractivity contribution is 0.101. The molecule has 2 N–H and O–H groups in total. The Labute approximate surface area is 128 Å². The van der Waals surface area contributed by atoms with E-state index < -0.39 is 0 Å². The molecule has 0 aliphatic carbocycles. The van der Waals surface area contributed by atoms with Gasteiger partial charge >= 0.3 is 6.03 Å². The van der Waals surface area contributed by atoms with Crippen molar-refractivity contribution in [2.45, 2.75) is 26.3 Å². The molecule has 1 aromatic heterocycles. The summed E-state index contributed by atoms with van der Waals surface area (Å²) in [6.07, 6.45) is 0.796. The molecular formula is C16H18N2O2S. The van der Waals surface area contributed by atoms with Crippen LogP contribution in [0.5, 0.6) is 0 Å². The van der Waals surface area contributed by atoms with Crippen LogP contribution in [-0.2, 0) is 6.42 Å². The zero-order valence-electron chi connectivity index (χ0n) is 12.1. The second kappa shape index (κ2) is 7.04. The molecule has 0 aliphatic rings. The zero-order valence-corrected chi connectivity index (χ0v) is 12.9. The van der Waals surface area contributed by atoms with E-state index in [0.29, 0.717) is 11.3 Å². The lowest BCUT2D eigenvalue weighted by atomic mass is 10.1. The van der Waals surface area contributed by atoms with E-state index in [9.17, 15) is 9.59 Å². The van der Waals surface area contributed by atoms with Crippen molar-refractivity contribution in [1.29, 1.82) is 0 Å². The van der Waals surface area contributed by atoms with E-state index in [2.05, 4.69) is 22.1 Å². The predicted octanol–water partition coefficient (Wildman–Crippen LogP) is 3.70. The van der Waals surface area contributed by atoms with Crippen LogP contribution in [0.15, 0.2) is 41.1 Å². The fourth-order valence-electron chi connectivity index (χ4n) is 2.02. The Morgan fingerprint density at radius 3 is 2.76 bits per heavy atom. The van der Waals surface area contributed by atoms with Crippen LogP contribution in [0.3, 0.4) is 0 Å². The van der Waals surface area contributed by atoms with Crippen LogP contribution < -0.4 is 10.6 Å². The van der Waals surface area contributed by atoms with Crippen molar-refractivity contribution in [2.75, 3.05) is 5.32 Å². The van der Waals surface area contributed by atoms with E-state index >= 15 is 0 Å². The van der Waals surface area contributed by atoms with Crippen molar-refractivity contribution in [2.24, 2.45) is 0 Å². The minimum atomic E-state index is -0.265. The Morgan fingerprint density at radius 2 is 2.10 bits per heavy atom. The molecule has 2 aromatic rings. The number of thiophene rings is 1. The first kappa shape index (κ1) is 15.3. The first-order valence-corrected chi connectivity index (χ1v) is 7.68. The van der Waals surface area contributed by atoms with Gasteiger partial charge in [0.15, 0.2) is 5.78 Å². The molecule has 110 valence electrons. The minimum Gasteiger partial charge on any atom is -0.335 e. The van der Waals surface area contributed by atoms with Crippen LogP contribution in [0.25, 0.3) is 0 Å². The van der Waals surface area contributed by atoms with Crippen LogP contribution in [0.4, 0.5) is 10.5 Å². The average molecular weight is 302 g/mol. The molecule has 1 atom stereocenters. The minimum absolute atomic E-state index is 0.0233. The standard InChI is InChI=1S/C16H18N2O2S/c1-11(8-13-6-7-21-10-13)17-16(20)18-15-5-3-4-14(9-15)12(2)19/h3-7,9-11H,8H2,1-2H3,(H2,17,18,20). The summed E-state index contributed by atoms with van der Waals surface area (Å²) < 4.78 is 0. The normalized spacial score (nSPS) is 11.7. The van der Waals surface area contributed by atoms with Gasteiger partial charge in [-0.15, -0.1) is 0 Å². The maximum atomic E-state index is 11.9. The van der Waals surface area contributed by atoms with Crippen LogP contribution >= 0.6 is 11.3 Å². The van der Waals surface area contributed by atoms with E-state index in [4.69, 9.17) is 0 Å². The van der Waals surface area contributed by atoms with Gasteiger partial charge in [-0.2, -0.15) is 11.3 Å². The molecule has 0 radical (unpaired) electrons. The third kappa shape index (κ3) is 4.72. The highest BCUT2D eigenvalue weighted by molar-refractivity contribution is 7.07. The Balaban J connectivity index is 1.89. The molecule has 1 aromatic carbocycles. The number of nitrogens with one attached hydrogen (secondary N) is 2. The van der Waals surface area contributed by atoms with Crippen molar-refractivity contribution in [1.82, 2.24) is 5.32 Å². The van der Waals surface area contributed by atoms with Crippen molar-refractivity contribution in [3.8, 4) is 0 Å². The quantitative estimate of drug-likeness (QED) is 0.827. The Morgan fingerprint density at radius 1 is 1.29 bits per heavy atom. The number of hydrogen-bond acceptors (Lipinski definition) is 3. The molecular weight excluding hydrogens is 284 g/mol. The summed E-state index contributed by atoms with van der Waals surface area (Å²) in [5.74, 6) is -0.0233. The molecule has 2 rings (SSSR count). The molecule has 2 amide bonds. The lowest BCUT2D eigenvalue weighted by Gasteiger charge is -2.14. The number of ketones is 1. The molecule has 0 bridgehead atoms. The number of anilines is 1. The summed E-state index contributed by atoms with van der Waals surface area (Å²) in [5.41, 5.74) is 2.41. The summed E-state index contributed by atoms with van der Waals surface area (Å²) in [6, 6.07) is 8.73. The summed E-state index contributed by atoms with van der Waals surface area (Å²) >= 11 is 1.65. The van der Waals surface area contributed by atoms with Crippen LogP contribution in [0.1, 0.15) is 29.8 Å². The second-order valence-corrected chi connectivity index (χ2v) is 5.75.